The smallest absolute Gasteiger partial charge is 0.307 e. The van der Waals surface area contributed by atoms with E-state index in [4.69, 9.17) is 4.42 Å². The summed E-state index contributed by atoms with van der Waals surface area (Å²) < 4.78 is 9.13. The van der Waals surface area contributed by atoms with Crippen molar-refractivity contribution >= 4 is 60.6 Å². The lowest BCUT2D eigenvalue weighted by atomic mass is 10.2. The highest BCUT2D eigenvalue weighted by Gasteiger charge is 2.15. The number of nitro groups is 1. The van der Waals surface area contributed by atoms with Crippen molar-refractivity contribution in [1.82, 2.24) is 9.99 Å². The van der Waals surface area contributed by atoms with Gasteiger partial charge in [-0.25, -0.2) is 5.43 Å². The SMILES string of the molecule is Cc1cc(/C=N\NC(=O)c2cc3cc(Br)cc(Br)c3o2)c(C)n1-c1cccc([N+](=O)[O-])c1. The summed E-state index contributed by atoms with van der Waals surface area (Å²) in [7, 11) is 0. The van der Waals surface area contributed by atoms with Crippen LogP contribution >= 0.6 is 31.9 Å². The molecule has 4 aromatic rings. The molecule has 8 nitrogen and oxygen atoms in total. The molecule has 0 aliphatic heterocycles. The molecule has 0 fully saturated rings. The van der Waals surface area contributed by atoms with E-state index in [0.29, 0.717) is 11.3 Å². The zero-order chi connectivity index (χ0) is 23.0. The van der Waals surface area contributed by atoms with Gasteiger partial charge in [0.15, 0.2) is 5.76 Å². The second kappa shape index (κ2) is 8.71. The van der Waals surface area contributed by atoms with Crippen LogP contribution in [-0.2, 0) is 0 Å². The highest BCUT2D eigenvalue weighted by Crippen LogP contribution is 2.31. The number of fused-ring (bicyclic) bond motifs is 1. The van der Waals surface area contributed by atoms with Crippen molar-refractivity contribution in [3.8, 4) is 5.69 Å². The average Bonchev–Trinajstić information content (AvgIpc) is 3.29. The van der Waals surface area contributed by atoms with Crippen molar-refractivity contribution in [2.75, 3.05) is 0 Å². The van der Waals surface area contributed by atoms with Crippen LogP contribution in [0.4, 0.5) is 5.69 Å². The number of hydrogen-bond donors (Lipinski definition) is 1. The number of nitrogens with one attached hydrogen (secondary N) is 1. The van der Waals surface area contributed by atoms with E-state index in [1.165, 1.54) is 18.3 Å². The fraction of sp³-hybridized carbons (Fsp3) is 0.0909. The summed E-state index contributed by atoms with van der Waals surface area (Å²) in [6.45, 7) is 3.77. The highest BCUT2D eigenvalue weighted by atomic mass is 79.9. The maximum absolute atomic E-state index is 12.5. The molecule has 0 spiro atoms. The Morgan fingerprint density at radius 3 is 2.72 bits per heavy atom. The van der Waals surface area contributed by atoms with Gasteiger partial charge in [0.1, 0.15) is 5.58 Å². The molecule has 0 saturated carbocycles. The molecule has 0 radical (unpaired) electrons. The Hall–Kier alpha value is -3.24. The molecule has 2 aromatic heterocycles. The zero-order valence-corrected chi connectivity index (χ0v) is 20.1. The normalized spacial score (nSPS) is 11.4. The predicted molar refractivity (Wildman–Crippen MR) is 129 cm³/mol. The van der Waals surface area contributed by atoms with Gasteiger partial charge in [0.2, 0.25) is 0 Å². The molecule has 0 saturated heterocycles. The molecular formula is C22H16Br2N4O4. The Balaban J connectivity index is 1.55. The minimum Gasteiger partial charge on any atom is -0.450 e. The second-order valence-electron chi connectivity index (χ2n) is 7.05. The minimum absolute atomic E-state index is 0.0157. The number of carbonyl (C=O) groups excluding carboxylic acids is 1. The second-order valence-corrected chi connectivity index (χ2v) is 8.82. The van der Waals surface area contributed by atoms with Crippen molar-refractivity contribution in [1.29, 1.82) is 0 Å². The molecule has 2 aromatic carbocycles. The largest absolute Gasteiger partial charge is 0.450 e. The number of halogens is 2. The summed E-state index contributed by atoms with van der Waals surface area (Å²) in [4.78, 5) is 23.1. The van der Waals surface area contributed by atoms with Gasteiger partial charge >= 0.3 is 5.91 Å². The number of hydrogen-bond acceptors (Lipinski definition) is 5. The van der Waals surface area contributed by atoms with E-state index in [9.17, 15) is 14.9 Å². The summed E-state index contributed by atoms with van der Waals surface area (Å²) >= 11 is 6.83. The van der Waals surface area contributed by atoms with Crippen LogP contribution in [0.5, 0.6) is 0 Å². The molecule has 0 unspecified atom stereocenters. The number of furan rings is 1. The first kappa shape index (κ1) is 22.0. The fourth-order valence-corrected chi connectivity index (χ4v) is 4.80. The first-order chi connectivity index (χ1) is 15.2. The number of benzene rings is 2. The molecule has 1 N–H and O–H groups in total. The van der Waals surface area contributed by atoms with Crippen molar-refractivity contribution in [3.63, 3.8) is 0 Å². The average molecular weight is 560 g/mol. The monoisotopic (exact) mass is 558 g/mol. The number of amides is 1. The third kappa shape index (κ3) is 4.23. The number of non-ortho nitro benzene ring substituents is 1. The van der Waals surface area contributed by atoms with E-state index in [-0.39, 0.29) is 11.4 Å². The van der Waals surface area contributed by atoms with Crippen LogP contribution in [-0.4, -0.2) is 21.6 Å². The van der Waals surface area contributed by atoms with Gasteiger partial charge in [-0.1, -0.05) is 22.0 Å². The summed E-state index contributed by atoms with van der Waals surface area (Å²) in [6, 6.07) is 13.6. The van der Waals surface area contributed by atoms with Gasteiger partial charge in [-0.05, 0) is 60.1 Å². The van der Waals surface area contributed by atoms with E-state index in [0.717, 1.165) is 31.3 Å². The van der Waals surface area contributed by atoms with Crippen LogP contribution in [0.3, 0.4) is 0 Å². The summed E-state index contributed by atoms with van der Waals surface area (Å²) in [5.41, 5.74) is 6.22. The Bertz CT molecular complexity index is 1400. The predicted octanol–water partition coefficient (Wildman–Crippen LogP) is 6.04. The van der Waals surface area contributed by atoms with Crippen molar-refractivity contribution in [2.45, 2.75) is 13.8 Å². The fourth-order valence-electron chi connectivity index (χ4n) is 3.46. The number of aromatic nitrogens is 1. The molecule has 32 heavy (non-hydrogen) atoms. The molecule has 2 heterocycles. The van der Waals surface area contributed by atoms with E-state index >= 15 is 0 Å². The molecule has 162 valence electrons. The van der Waals surface area contributed by atoms with Crippen LogP contribution in [0, 0.1) is 24.0 Å². The van der Waals surface area contributed by atoms with Crippen LogP contribution < -0.4 is 5.43 Å². The number of carbonyl (C=O) groups is 1. The van der Waals surface area contributed by atoms with Gasteiger partial charge in [-0.2, -0.15) is 5.10 Å². The van der Waals surface area contributed by atoms with Crippen LogP contribution in [0.2, 0.25) is 0 Å². The summed E-state index contributed by atoms with van der Waals surface area (Å²) in [6.07, 6.45) is 1.53. The van der Waals surface area contributed by atoms with Crippen LogP contribution in [0.25, 0.3) is 16.7 Å². The summed E-state index contributed by atoms with van der Waals surface area (Å²) in [5.74, 6) is -0.342. The lowest BCUT2D eigenvalue weighted by Crippen LogP contribution is -2.16. The van der Waals surface area contributed by atoms with E-state index in [1.807, 2.05) is 36.6 Å². The van der Waals surface area contributed by atoms with Crippen molar-refractivity contribution < 1.29 is 14.1 Å². The number of aryl methyl sites for hydroxylation is 1. The molecule has 4 rings (SSSR count). The first-order valence-electron chi connectivity index (χ1n) is 9.40. The highest BCUT2D eigenvalue weighted by molar-refractivity contribution is 9.11. The van der Waals surface area contributed by atoms with E-state index in [1.54, 1.807) is 18.2 Å². The third-order valence-corrected chi connectivity index (χ3v) is 5.95. The maximum atomic E-state index is 12.5. The molecule has 0 bridgehead atoms. The molecular weight excluding hydrogens is 544 g/mol. The third-order valence-electron chi connectivity index (χ3n) is 4.90. The number of hydrazone groups is 1. The number of rotatable bonds is 5. The minimum atomic E-state index is -0.479. The lowest BCUT2D eigenvalue weighted by molar-refractivity contribution is -0.384. The Labute approximate surface area is 199 Å². The van der Waals surface area contributed by atoms with Crippen molar-refractivity contribution in [3.05, 3.63) is 90.3 Å². The van der Waals surface area contributed by atoms with Gasteiger partial charge in [0, 0.05) is 38.9 Å². The Morgan fingerprint density at radius 2 is 1.97 bits per heavy atom. The van der Waals surface area contributed by atoms with E-state index < -0.39 is 10.8 Å². The van der Waals surface area contributed by atoms with Crippen LogP contribution in [0.15, 0.2) is 67.0 Å². The van der Waals surface area contributed by atoms with Gasteiger partial charge in [-0.3, -0.25) is 14.9 Å². The molecule has 10 heteroatoms. The molecule has 1 amide bonds. The maximum Gasteiger partial charge on any atom is 0.307 e. The Kier molecular flexibility index (Phi) is 5.98. The first-order valence-corrected chi connectivity index (χ1v) is 11.0. The number of nitro benzene ring substituents is 1. The standard InChI is InChI=1S/C22H16Br2N4O4/c1-12-6-15(13(2)27(12)17-4-3-5-18(10-17)28(30)31)11-25-26-22(29)20-8-14-7-16(23)9-19(24)21(14)32-20/h3-11H,1-2H3,(H,26,29)/b25-11-. The molecule has 0 aliphatic rings. The topological polar surface area (TPSA) is 103 Å². The number of nitrogens with zero attached hydrogens (tertiary/aromatic N) is 3. The molecule has 0 aliphatic carbocycles. The van der Waals surface area contributed by atoms with Crippen molar-refractivity contribution in [2.24, 2.45) is 5.10 Å². The van der Waals surface area contributed by atoms with Gasteiger partial charge < -0.3 is 8.98 Å². The van der Waals surface area contributed by atoms with E-state index in [2.05, 4.69) is 42.4 Å². The van der Waals surface area contributed by atoms with Gasteiger partial charge in [0.25, 0.3) is 5.69 Å². The van der Waals surface area contributed by atoms with Crippen LogP contribution in [0.1, 0.15) is 27.5 Å². The lowest BCUT2D eigenvalue weighted by Gasteiger charge is -2.09. The zero-order valence-electron chi connectivity index (χ0n) is 16.9. The Morgan fingerprint density at radius 1 is 1.19 bits per heavy atom. The van der Waals surface area contributed by atoms with Gasteiger partial charge in [-0.15, -0.1) is 0 Å². The molecule has 0 atom stereocenters. The van der Waals surface area contributed by atoms with Gasteiger partial charge in [0.05, 0.1) is 21.3 Å². The summed E-state index contributed by atoms with van der Waals surface area (Å²) in [5, 5.41) is 15.9. The quantitative estimate of drug-likeness (QED) is 0.183.